The van der Waals surface area contributed by atoms with Crippen molar-refractivity contribution in [1.82, 2.24) is 4.72 Å². The van der Waals surface area contributed by atoms with Crippen molar-refractivity contribution in [1.29, 1.82) is 0 Å². The van der Waals surface area contributed by atoms with Gasteiger partial charge >= 0.3 is 0 Å². The molecule has 0 aliphatic heterocycles. The quantitative estimate of drug-likeness (QED) is 0.697. The van der Waals surface area contributed by atoms with E-state index in [1.165, 1.54) is 24.9 Å². The number of benzene rings is 2. The largest absolute Gasteiger partial charge is 0.326 e. The van der Waals surface area contributed by atoms with Crippen molar-refractivity contribution in [3.05, 3.63) is 53.1 Å². The van der Waals surface area contributed by atoms with E-state index in [0.29, 0.717) is 22.0 Å². The molecule has 0 radical (unpaired) electrons. The van der Waals surface area contributed by atoms with Crippen LogP contribution < -0.4 is 10.0 Å². The third kappa shape index (κ3) is 5.47. The minimum absolute atomic E-state index is 0.151. The Kier molecular flexibility index (Phi) is 6.89. The van der Waals surface area contributed by atoms with Crippen LogP contribution in [0.25, 0.3) is 0 Å². The molecule has 5 nitrogen and oxygen atoms in total. The molecule has 0 unspecified atom stereocenters. The molecule has 1 amide bonds. The third-order valence-corrected chi connectivity index (χ3v) is 6.53. The summed E-state index contributed by atoms with van der Waals surface area (Å²) in [5, 5.41) is 3.39. The van der Waals surface area contributed by atoms with Crippen molar-refractivity contribution in [2.24, 2.45) is 0 Å². The highest BCUT2D eigenvalue weighted by atomic mass is 35.5. The number of hydrogen-bond acceptors (Lipinski definition) is 4. The van der Waals surface area contributed by atoms with E-state index in [1.54, 1.807) is 25.1 Å². The summed E-state index contributed by atoms with van der Waals surface area (Å²) in [5.41, 5.74) is 1.06. The molecule has 2 rings (SSSR count). The fourth-order valence-corrected chi connectivity index (χ4v) is 4.30. The van der Waals surface area contributed by atoms with E-state index in [4.69, 9.17) is 11.6 Å². The molecule has 2 N–H and O–H groups in total. The van der Waals surface area contributed by atoms with Gasteiger partial charge in [-0.2, -0.15) is 0 Å². The molecular formula is C17H19ClN2O3S2. The van der Waals surface area contributed by atoms with Crippen LogP contribution in [0.5, 0.6) is 0 Å². The summed E-state index contributed by atoms with van der Waals surface area (Å²) in [6, 6.07) is 12.3. The first-order valence-electron chi connectivity index (χ1n) is 7.55. The molecule has 0 aromatic heterocycles. The van der Waals surface area contributed by atoms with Crippen molar-refractivity contribution in [3.63, 3.8) is 0 Å². The second kappa shape index (κ2) is 8.71. The molecule has 0 aliphatic carbocycles. The molecule has 0 atom stereocenters. The Hall–Kier alpha value is -1.54. The molecule has 0 spiro atoms. The van der Waals surface area contributed by atoms with Crippen LogP contribution in [-0.4, -0.2) is 27.1 Å². The molecule has 2 aromatic carbocycles. The van der Waals surface area contributed by atoms with E-state index in [1.807, 2.05) is 18.2 Å². The van der Waals surface area contributed by atoms with Crippen LogP contribution in [0.2, 0.25) is 5.02 Å². The number of halogens is 1. The normalized spacial score (nSPS) is 11.3. The SMILES string of the molecule is CNS(=O)(=O)c1cc(NC(=O)CCSc2ccccc2Cl)ccc1C. The highest BCUT2D eigenvalue weighted by Gasteiger charge is 2.15. The predicted octanol–water partition coefficient (Wildman–Crippen LogP) is 3.68. The lowest BCUT2D eigenvalue weighted by atomic mass is 10.2. The maximum atomic E-state index is 12.1. The molecule has 25 heavy (non-hydrogen) atoms. The zero-order valence-corrected chi connectivity index (χ0v) is 16.3. The van der Waals surface area contributed by atoms with Gasteiger partial charge in [0.25, 0.3) is 0 Å². The zero-order chi connectivity index (χ0) is 18.4. The molecular weight excluding hydrogens is 380 g/mol. The molecule has 0 heterocycles. The number of nitrogens with one attached hydrogen (secondary N) is 2. The van der Waals surface area contributed by atoms with E-state index in [0.717, 1.165) is 4.90 Å². The zero-order valence-electron chi connectivity index (χ0n) is 13.9. The minimum atomic E-state index is -3.56. The summed E-state index contributed by atoms with van der Waals surface area (Å²) in [6.45, 7) is 1.70. The van der Waals surface area contributed by atoms with E-state index < -0.39 is 10.0 Å². The van der Waals surface area contributed by atoms with E-state index >= 15 is 0 Å². The van der Waals surface area contributed by atoms with Gasteiger partial charge in [-0.05, 0) is 43.8 Å². The van der Waals surface area contributed by atoms with Crippen LogP contribution >= 0.6 is 23.4 Å². The molecule has 134 valence electrons. The summed E-state index contributed by atoms with van der Waals surface area (Å²) in [7, 11) is -2.21. The van der Waals surface area contributed by atoms with Gasteiger partial charge in [0.1, 0.15) is 0 Å². The van der Waals surface area contributed by atoms with E-state index in [-0.39, 0.29) is 17.2 Å². The smallest absolute Gasteiger partial charge is 0.240 e. The number of rotatable bonds is 7. The Morgan fingerprint density at radius 2 is 1.92 bits per heavy atom. The first kappa shape index (κ1) is 19.8. The minimum Gasteiger partial charge on any atom is -0.326 e. The number of carbonyl (C=O) groups is 1. The summed E-state index contributed by atoms with van der Waals surface area (Å²) >= 11 is 7.57. The third-order valence-electron chi connectivity index (χ3n) is 3.45. The number of thioether (sulfide) groups is 1. The number of hydrogen-bond donors (Lipinski definition) is 2. The van der Waals surface area contributed by atoms with Crippen molar-refractivity contribution < 1.29 is 13.2 Å². The Bertz CT molecular complexity index is 870. The van der Waals surface area contributed by atoms with Crippen LogP contribution in [-0.2, 0) is 14.8 Å². The fourth-order valence-electron chi connectivity index (χ4n) is 2.12. The standard InChI is InChI=1S/C17H19ClN2O3S2/c1-12-7-8-13(11-16(12)25(22,23)19-2)20-17(21)9-10-24-15-6-4-3-5-14(15)18/h3-8,11,19H,9-10H2,1-2H3,(H,20,21). The van der Waals surface area contributed by atoms with Crippen LogP contribution in [0, 0.1) is 6.92 Å². The fraction of sp³-hybridized carbons (Fsp3) is 0.235. The monoisotopic (exact) mass is 398 g/mol. The number of amides is 1. The molecule has 0 bridgehead atoms. The van der Waals surface area contributed by atoms with Crippen molar-refractivity contribution in [2.45, 2.75) is 23.1 Å². The average molecular weight is 399 g/mol. The number of anilines is 1. The number of aryl methyl sites for hydroxylation is 1. The van der Waals surface area contributed by atoms with Crippen molar-refractivity contribution in [3.8, 4) is 0 Å². The van der Waals surface area contributed by atoms with Gasteiger partial charge in [-0.25, -0.2) is 13.1 Å². The van der Waals surface area contributed by atoms with Gasteiger partial charge in [0, 0.05) is 22.8 Å². The maximum absolute atomic E-state index is 12.1. The Labute approximate surface area is 157 Å². The van der Waals surface area contributed by atoms with E-state index in [9.17, 15) is 13.2 Å². The lowest BCUT2D eigenvalue weighted by Gasteiger charge is -2.10. The Morgan fingerprint density at radius 3 is 2.60 bits per heavy atom. The van der Waals surface area contributed by atoms with Crippen LogP contribution in [0.3, 0.4) is 0 Å². The van der Waals surface area contributed by atoms with Crippen LogP contribution in [0.4, 0.5) is 5.69 Å². The van der Waals surface area contributed by atoms with Gasteiger partial charge in [0.15, 0.2) is 0 Å². The summed E-state index contributed by atoms with van der Waals surface area (Å²) in [4.78, 5) is 13.2. The first-order valence-corrected chi connectivity index (χ1v) is 10.4. The Morgan fingerprint density at radius 1 is 1.20 bits per heavy atom. The van der Waals surface area contributed by atoms with E-state index in [2.05, 4.69) is 10.0 Å². The Balaban J connectivity index is 1.97. The van der Waals surface area contributed by atoms with Crippen molar-refractivity contribution >= 4 is 45.0 Å². The van der Waals surface area contributed by atoms with Gasteiger partial charge in [-0.1, -0.05) is 29.8 Å². The predicted molar refractivity (Wildman–Crippen MR) is 103 cm³/mol. The number of carbonyl (C=O) groups excluding carboxylic acids is 1. The second-order valence-electron chi connectivity index (χ2n) is 5.26. The second-order valence-corrected chi connectivity index (χ2v) is 8.66. The summed E-state index contributed by atoms with van der Waals surface area (Å²) < 4.78 is 26.2. The highest BCUT2D eigenvalue weighted by Crippen LogP contribution is 2.27. The highest BCUT2D eigenvalue weighted by molar-refractivity contribution is 7.99. The average Bonchev–Trinajstić information content (AvgIpc) is 2.58. The summed E-state index contributed by atoms with van der Waals surface area (Å²) in [5.74, 6) is 0.388. The lowest BCUT2D eigenvalue weighted by Crippen LogP contribution is -2.20. The lowest BCUT2D eigenvalue weighted by molar-refractivity contribution is -0.115. The molecule has 0 saturated carbocycles. The molecule has 0 aliphatic rings. The van der Waals surface area contributed by atoms with Gasteiger partial charge in [0.2, 0.25) is 15.9 Å². The van der Waals surface area contributed by atoms with Crippen LogP contribution in [0.15, 0.2) is 52.3 Å². The van der Waals surface area contributed by atoms with Gasteiger partial charge in [-0.15, -0.1) is 11.8 Å². The van der Waals surface area contributed by atoms with Gasteiger partial charge in [-0.3, -0.25) is 4.79 Å². The van der Waals surface area contributed by atoms with Crippen molar-refractivity contribution in [2.75, 3.05) is 18.1 Å². The van der Waals surface area contributed by atoms with Gasteiger partial charge < -0.3 is 5.32 Å². The summed E-state index contributed by atoms with van der Waals surface area (Å²) in [6.07, 6.45) is 0.290. The molecule has 0 saturated heterocycles. The molecule has 8 heteroatoms. The topological polar surface area (TPSA) is 75.3 Å². The van der Waals surface area contributed by atoms with Gasteiger partial charge in [0.05, 0.1) is 9.92 Å². The number of sulfonamides is 1. The van der Waals surface area contributed by atoms with Crippen LogP contribution in [0.1, 0.15) is 12.0 Å². The molecule has 0 fully saturated rings. The first-order chi connectivity index (χ1) is 11.8. The molecule has 2 aromatic rings. The maximum Gasteiger partial charge on any atom is 0.240 e.